The molecule has 0 amide bonds. The molecule has 1 saturated heterocycles. The quantitative estimate of drug-likeness (QED) is 0.923. The van der Waals surface area contributed by atoms with Crippen LogP contribution in [0.15, 0.2) is 0 Å². The number of nitrogens with two attached hydrogens (primary N) is 1. The second-order valence-electron chi connectivity index (χ2n) is 5.74. The van der Waals surface area contributed by atoms with E-state index < -0.39 is 0 Å². The van der Waals surface area contributed by atoms with Crippen molar-refractivity contribution in [2.45, 2.75) is 51.2 Å². The molecule has 2 aromatic heterocycles. The molecule has 0 saturated carbocycles. The molecular formula is C12H19N5OS. The zero-order chi connectivity index (χ0) is 13.5. The summed E-state index contributed by atoms with van der Waals surface area (Å²) in [5.41, 5.74) is 5.84. The Balaban J connectivity index is 1.81. The number of ether oxygens (including phenoxy) is 1. The van der Waals surface area contributed by atoms with Gasteiger partial charge < -0.3 is 10.5 Å². The molecule has 2 aromatic rings. The van der Waals surface area contributed by atoms with Crippen molar-refractivity contribution in [1.29, 1.82) is 0 Å². The van der Waals surface area contributed by atoms with Crippen LogP contribution in [0, 0.1) is 0 Å². The summed E-state index contributed by atoms with van der Waals surface area (Å²) in [6.45, 7) is 4.87. The molecule has 1 atom stereocenters. The molecule has 3 rings (SSSR count). The molecule has 7 heteroatoms. The van der Waals surface area contributed by atoms with Crippen molar-refractivity contribution >= 4 is 16.3 Å². The molecule has 1 aliphatic heterocycles. The Kier molecular flexibility index (Phi) is 3.28. The van der Waals surface area contributed by atoms with E-state index in [0.717, 1.165) is 48.1 Å². The fourth-order valence-electron chi connectivity index (χ4n) is 2.18. The number of aryl methyl sites for hydroxylation is 1. The molecular weight excluding hydrogens is 262 g/mol. The van der Waals surface area contributed by atoms with Crippen molar-refractivity contribution in [1.82, 2.24) is 19.8 Å². The molecule has 0 aromatic carbocycles. The molecule has 3 heterocycles. The second-order valence-corrected chi connectivity index (χ2v) is 6.78. The van der Waals surface area contributed by atoms with E-state index >= 15 is 0 Å². The summed E-state index contributed by atoms with van der Waals surface area (Å²) in [5, 5.41) is 14.0. The lowest BCUT2D eigenvalue weighted by molar-refractivity contribution is 0.103. The molecule has 1 aliphatic rings. The second kappa shape index (κ2) is 4.81. The zero-order valence-corrected chi connectivity index (χ0v) is 12.1. The maximum atomic E-state index is 6.00. The summed E-state index contributed by atoms with van der Waals surface area (Å²) in [6.07, 6.45) is 3.92. The van der Waals surface area contributed by atoms with E-state index in [1.807, 2.05) is 18.4 Å². The topological polar surface area (TPSA) is 78.3 Å². The Bertz CT molecular complexity index is 564. The van der Waals surface area contributed by atoms with Crippen molar-refractivity contribution in [2.75, 3.05) is 6.61 Å². The molecule has 19 heavy (non-hydrogen) atoms. The first-order chi connectivity index (χ1) is 9.03. The van der Waals surface area contributed by atoms with Gasteiger partial charge in [0.25, 0.3) is 0 Å². The van der Waals surface area contributed by atoms with Gasteiger partial charge in [0.05, 0.1) is 0 Å². The predicted octanol–water partition coefficient (Wildman–Crippen LogP) is 1.71. The molecule has 6 nitrogen and oxygen atoms in total. The van der Waals surface area contributed by atoms with E-state index in [0.29, 0.717) is 0 Å². The fraction of sp³-hybridized carbons (Fsp3) is 0.750. The average molecular weight is 281 g/mol. The van der Waals surface area contributed by atoms with Crippen LogP contribution in [0.4, 0.5) is 0 Å². The smallest absolute Gasteiger partial charge is 0.234 e. The monoisotopic (exact) mass is 281 g/mol. The third-order valence-corrected chi connectivity index (χ3v) is 4.22. The van der Waals surface area contributed by atoms with Gasteiger partial charge >= 0.3 is 0 Å². The van der Waals surface area contributed by atoms with Crippen LogP contribution in [0.2, 0.25) is 0 Å². The number of fused-ring (bicyclic) bond motifs is 1. The maximum Gasteiger partial charge on any atom is 0.234 e. The Hall–Kier alpha value is -1.05. The summed E-state index contributed by atoms with van der Waals surface area (Å²) in [4.78, 5) is 0.843. The molecule has 0 aliphatic carbocycles. The Labute approximate surface area is 116 Å². The molecule has 0 radical (unpaired) electrons. The average Bonchev–Trinajstić information content (AvgIpc) is 3.00. The summed E-state index contributed by atoms with van der Waals surface area (Å²) in [7, 11) is 0. The minimum absolute atomic E-state index is 0.0518. The van der Waals surface area contributed by atoms with E-state index in [1.165, 1.54) is 0 Å². The Morgan fingerprint density at radius 1 is 1.47 bits per heavy atom. The maximum absolute atomic E-state index is 6.00. The first kappa shape index (κ1) is 13.0. The molecule has 1 unspecified atom stereocenters. The SMILES string of the molecule is CC(C)(N)CCc1nn2c(C3CCCO3)nnc2s1. The van der Waals surface area contributed by atoms with Crippen LogP contribution in [0.1, 0.15) is 50.0 Å². The van der Waals surface area contributed by atoms with E-state index in [-0.39, 0.29) is 11.6 Å². The number of rotatable bonds is 4. The van der Waals surface area contributed by atoms with E-state index in [2.05, 4.69) is 15.3 Å². The molecule has 104 valence electrons. The number of hydrogen-bond acceptors (Lipinski definition) is 6. The van der Waals surface area contributed by atoms with Gasteiger partial charge in [-0.3, -0.25) is 0 Å². The minimum Gasteiger partial charge on any atom is -0.370 e. The highest BCUT2D eigenvalue weighted by molar-refractivity contribution is 7.16. The van der Waals surface area contributed by atoms with Crippen LogP contribution in [0.3, 0.4) is 0 Å². The molecule has 1 fully saturated rings. The molecule has 0 bridgehead atoms. The van der Waals surface area contributed by atoms with Crippen LogP contribution < -0.4 is 5.73 Å². The highest BCUT2D eigenvalue weighted by Gasteiger charge is 2.25. The van der Waals surface area contributed by atoms with Gasteiger partial charge in [-0.25, -0.2) is 0 Å². The number of hydrogen-bond donors (Lipinski definition) is 1. The van der Waals surface area contributed by atoms with Crippen molar-refractivity contribution in [2.24, 2.45) is 5.73 Å². The first-order valence-corrected chi connectivity index (χ1v) is 7.46. The fourth-order valence-corrected chi connectivity index (χ4v) is 3.02. The van der Waals surface area contributed by atoms with Crippen LogP contribution in [0.25, 0.3) is 4.96 Å². The zero-order valence-electron chi connectivity index (χ0n) is 11.3. The summed E-state index contributed by atoms with van der Waals surface area (Å²) < 4.78 is 7.48. The third kappa shape index (κ3) is 2.77. The first-order valence-electron chi connectivity index (χ1n) is 6.64. The Morgan fingerprint density at radius 2 is 2.32 bits per heavy atom. The van der Waals surface area contributed by atoms with Gasteiger partial charge in [-0.1, -0.05) is 11.3 Å². The van der Waals surface area contributed by atoms with Crippen LogP contribution in [-0.2, 0) is 11.2 Å². The van der Waals surface area contributed by atoms with E-state index in [4.69, 9.17) is 10.5 Å². The third-order valence-electron chi connectivity index (χ3n) is 3.26. The highest BCUT2D eigenvalue weighted by atomic mass is 32.1. The largest absolute Gasteiger partial charge is 0.370 e. The summed E-state index contributed by atoms with van der Waals surface area (Å²) in [6, 6.07) is 0. The van der Waals surface area contributed by atoms with Crippen LogP contribution in [0.5, 0.6) is 0 Å². The number of nitrogens with zero attached hydrogens (tertiary/aromatic N) is 4. The van der Waals surface area contributed by atoms with Crippen LogP contribution in [-0.4, -0.2) is 32.0 Å². The highest BCUT2D eigenvalue weighted by Crippen LogP contribution is 2.28. The Morgan fingerprint density at radius 3 is 3.00 bits per heavy atom. The van der Waals surface area contributed by atoms with Gasteiger partial charge in [-0.2, -0.15) is 9.61 Å². The van der Waals surface area contributed by atoms with E-state index in [9.17, 15) is 0 Å². The predicted molar refractivity (Wildman–Crippen MR) is 73.2 cm³/mol. The number of aromatic nitrogens is 4. The van der Waals surface area contributed by atoms with Crippen LogP contribution >= 0.6 is 11.3 Å². The minimum atomic E-state index is -0.163. The van der Waals surface area contributed by atoms with Gasteiger partial charge in [0.1, 0.15) is 11.1 Å². The lowest BCUT2D eigenvalue weighted by atomic mass is 10.0. The lowest BCUT2D eigenvalue weighted by Crippen LogP contribution is -2.32. The molecule has 2 N–H and O–H groups in total. The van der Waals surface area contributed by atoms with Gasteiger partial charge in [0, 0.05) is 18.6 Å². The van der Waals surface area contributed by atoms with Crippen molar-refractivity contribution in [3.63, 3.8) is 0 Å². The van der Waals surface area contributed by atoms with Gasteiger partial charge in [-0.05, 0) is 33.1 Å². The van der Waals surface area contributed by atoms with Gasteiger partial charge in [-0.15, -0.1) is 10.2 Å². The summed E-state index contributed by atoms with van der Waals surface area (Å²) >= 11 is 1.58. The van der Waals surface area contributed by atoms with Crippen molar-refractivity contribution in [3.8, 4) is 0 Å². The van der Waals surface area contributed by atoms with E-state index in [1.54, 1.807) is 11.3 Å². The van der Waals surface area contributed by atoms with Gasteiger partial charge in [0.2, 0.25) is 4.96 Å². The van der Waals surface area contributed by atoms with Gasteiger partial charge in [0.15, 0.2) is 5.82 Å². The normalized spacial score (nSPS) is 20.5. The lowest BCUT2D eigenvalue weighted by Gasteiger charge is -2.16. The summed E-state index contributed by atoms with van der Waals surface area (Å²) in [5.74, 6) is 0.835. The van der Waals surface area contributed by atoms with Crippen molar-refractivity contribution in [3.05, 3.63) is 10.8 Å². The van der Waals surface area contributed by atoms with Crippen molar-refractivity contribution < 1.29 is 4.74 Å². The molecule has 0 spiro atoms. The standard InChI is InChI=1S/C12H19N5OS/c1-12(2,13)6-5-9-16-17-10(8-4-3-7-18-8)14-15-11(17)19-9/h8H,3-7,13H2,1-2H3.